The summed E-state index contributed by atoms with van der Waals surface area (Å²) < 4.78 is 0. The Labute approximate surface area is 130 Å². The lowest BCUT2D eigenvalue weighted by atomic mass is 10.1. The van der Waals surface area contributed by atoms with Crippen LogP contribution in [0.1, 0.15) is 43.8 Å². The first-order chi connectivity index (χ1) is 10.2. The van der Waals surface area contributed by atoms with Crippen LogP contribution in [-0.2, 0) is 4.79 Å². The van der Waals surface area contributed by atoms with Crippen LogP contribution in [0.5, 0.6) is 0 Å². The van der Waals surface area contributed by atoms with E-state index in [-0.39, 0.29) is 11.7 Å². The number of carbonyl (C=O) groups excluding carboxylic acids is 1. The third kappa shape index (κ3) is 2.20. The standard InChI is InChI=1S/C17H22N2OS/c1-21-14-8-7-13(11-14)19-15(12-5-3-2-4-6-12)18-17(9-10-17)16(19)20/h2-6,13-15,18H,7-11H2,1H3. The average molecular weight is 302 g/mol. The summed E-state index contributed by atoms with van der Waals surface area (Å²) in [4.78, 5) is 15.1. The third-order valence-electron chi connectivity index (χ3n) is 5.28. The maximum absolute atomic E-state index is 12.9. The summed E-state index contributed by atoms with van der Waals surface area (Å²) in [5, 5.41) is 4.35. The molecule has 3 nitrogen and oxygen atoms in total. The molecule has 3 atom stereocenters. The van der Waals surface area contributed by atoms with Gasteiger partial charge in [0.05, 0.1) is 0 Å². The highest BCUT2D eigenvalue weighted by molar-refractivity contribution is 7.99. The van der Waals surface area contributed by atoms with Gasteiger partial charge in [-0.3, -0.25) is 10.1 Å². The number of nitrogens with zero attached hydrogens (tertiary/aromatic N) is 1. The molecule has 112 valence electrons. The zero-order valence-electron chi connectivity index (χ0n) is 12.4. The van der Waals surface area contributed by atoms with Gasteiger partial charge < -0.3 is 4.90 Å². The quantitative estimate of drug-likeness (QED) is 0.932. The minimum Gasteiger partial charge on any atom is -0.318 e. The fourth-order valence-corrected chi connectivity index (χ4v) is 4.67. The van der Waals surface area contributed by atoms with Crippen molar-refractivity contribution >= 4 is 17.7 Å². The largest absolute Gasteiger partial charge is 0.318 e. The molecule has 21 heavy (non-hydrogen) atoms. The van der Waals surface area contributed by atoms with Gasteiger partial charge in [-0.15, -0.1) is 0 Å². The molecule has 3 fully saturated rings. The van der Waals surface area contributed by atoms with E-state index >= 15 is 0 Å². The van der Waals surface area contributed by atoms with E-state index in [0.29, 0.717) is 11.9 Å². The van der Waals surface area contributed by atoms with Gasteiger partial charge in [-0.2, -0.15) is 11.8 Å². The average Bonchev–Trinajstić information content (AvgIpc) is 3.05. The number of benzene rings is 1. The topological polar surface area (TPSA) is 32.3 Å². The first kappa shape index (κ1) is 13.6. The molecule has 0 radical (unpaired) electrons. The smallest absolute Gasteiger partial charge is 0.244 e. The zero-order valence-corrected chi connectivity index (χ0v) is 13.2. The van der Waals surface area contributed by atoms with E-state index in [2.05, 4.69) is 40.7 Å². The Bertz CT molecular complexity index is 543. The SMILES string of the molecule is CSC1CCC(N2C(=O)C3(CC3)NC2c2ccccc2)C1. The van der Waals surface area contributed by atoms with Gasteiger partial charge in [-0.25, -0.2) is 0 Å². The van der Waals surface area contributed by atoms with Gasteiger partial charge in [0.1, 0.15) is 11.7 Å². The zero-order chi connectivity index (χ0) is 14.4. The van der Waals surface area contributed by atoms with Gasteiger partial charge in [-0.05, 0) is 43.9 Å². The molecule has 1 N–H and O–H groups in total. The van der Waals surface area contributed by atoms with Crippen molar-refractivity contribution in [2.75, 3.05) is 6.26 Å². The summed E-state index contributed by atoms with van der Waals surface area (Å²) in [6.45, 7) is 0. The molecule has 4 heteroatoms. The van der Waals surface area contributed by atoms with Crippen LogP contribution in [0.25, 0.3) is 0 Å². The van der Waals surface area contributed by atoms with Crippen LogP contribution in [0.2, 0.25) is 0 Å². The van der Waals surface area contributed by atoms with Crippen molar-refractivity contribution in [2.24, 2.45) is 0 Å². The Balaban J connectivity index is 1.64. The van der Waals surface area contributed by atoms with Crippen molar-refractivity contribution in [2.45, 2.75) is 55.1 Å². The van der Waals surface area contributed by atoms with E-state index in [9.17, 15) is 4.79 Å². The highest BCUT2D eigenvalue weighted by Gasteiger charge is 2.60. The van der Waals surface area contributed by atoms with Crippen molar-refractivity contribution in [1.82, 2.24) is 10.2 Å². The second kappa shape index (κ2) is 5.03. The molecule has 2 saturated carbocycles. The van der Waals surface area contributed by atoms with Crippen LogP contribution in [0.15, 0.2) is 30.3 Å². The lowest BCUT2D eigenvalue weighted by Crippen LogP contribution is -2.39. The molecule has 0 aromatic heterocycles. The number of thioether (sulfide) groups is 1. The molecule has 1 saturated heterocycles. The molecule has 1 aliphatic heterocycles. The molecular weight excluding hydrogens is 280 g/mol. The molecule has 1 amide bonds. The molecule has 1 spiro atoms. The summed E-state index contributed by atoms with van der Waals surface area (Å²) in [6, 6.07) is 10.9. The monoisotopic (exact) mass is 302 g/mol. The van der Waals surface area contributed by atoms with Gasteiger partial charge >= 0.3 is 0 Å². The molecule has 2 aliphatic carbocycles. The lowest BCUT2D eigenvalue weighted by Gasteiger charge is -2.30. The van der Waals surface area contributed by atoms with Crippen molar-refractivity contribution in [3.05, 3.63) is 35.9 Å². The Hall–Kier alpha value is -1.00. The van der Waals surface area contributed by atoms with E-state index in [1.165, 1.54) is 12.0 Å². The first-order valence-electron chi connectivity index (χ1n) is 7.92. The highest BCUT2D eigenvalue weighted by atomic mass is 32.2. The predicted octanol–water partition coefficient (Wildman–Crippen LogP) is 2.93. The number of nitrogens with one attached hydrogen (secondary N) is 1. The number of amides is 1. The lowest BCUT2D eigenvalue weighted by molar-refractivity contribution is -0.133. The maximum atomic E-state index is 12.9. The molecule has 1 aromatic carbocycles. The normalized spacial score (nSPS) is 33.9. The molecule has 4 rings (SSSR count). The Kier molecular flexibility index (Phi) is 3.27. The third-order valence-corrected chi connectivity index (χ3v) is 6.38. The number of rotatable bonds is 3. The van der Waals surface area contributed by atoms with Gasteiger partial charge in [-0.1, -0.05) is 30.3 Å². The van der Waals surface area contributed by atoms with Crippen LogP contribution in [0.3, 0.4) is 0 Å². The fraction of sp³-hybridized carbons (Fsp3) is 0.588. The molecule has 3 unspecified atom stereocenters. The van der Waals surface area contributed by atoms with Crippen molar-refractivity contribution in [3.63, 3.8) is 0 Å². The van der Waals surface area contributed by atoms with Gasteiger partial charge in [0, 0.05) is 11.3 Å². The van der Waals surface area contributed by atoms with Crippen molar-refractivity contribution in [1.29, 1.82) is 0 Å². The second-order valence-electron chi connectivity index (χ2n) is 6.58. The summed E-state index contributed by atoms with van der Waals surface area (Å²) >= 11 is 1.95. The number of hydrogen-bond acceptors (Lipinski definition) is 3. The Morgan fingerprint density at radius 1 is 1.24 bits per heavy atom. The minimum atomic E-state index is -0.224. The van der Waals surface area contributed by atoms with E-state index in [1.807, 2.05) is 17.8 Å². The summed E-state index contributed by atoms with van der Waals surface area (Å²) in [7, 11) is 0. The van der Waals surface area contributed by atoms with Crippen LogP contribution < -0.4 is 5.32 Å². The van der Waals surface area contributed by atoms with Crippen LogP contribution in [0, 0.1) is 0 Å². The number of carbonyl (C=O) groups is 1. The second-order valence-corrected chi connectivity index (χ2v) is 7.71. The molecular formula is C17H22N2OS. The molecule has 3 aliphatic rings. The van der Waals surface area contributed by atoms with Gasteiger partial charge in [0.25, 0.3) is 0 Å². The van der Waals surface area contributed by atoms with Crippen LogP contribution >= 0.6 is 11.8 Å². The summed E-state index contributed by atoms with van der Waals surface area (Å²) in [5.74, 6) is 0.350. The predicted molar refractivity (Wildman–Crippen MR) is 86.1 cm³/mol. The minimum absolute atomic E-state index is 0.0757. The highest BCUT2D eigenvalue weighted by Crippen LogP contribution is 2.48. The van der Waals surface area contributed by atoms with E-state index in [0.717, 1.165) is 30.9 Å². The van der Waals surface area contributed by atoms with E-state index in [4.69, 9.17) is 0 Å². The summed E-state index contributed by atoms with van der Waals surface area (Å²) in [5.41, 5.74) is 1.00. The van der Waals surface area contributed by atoms with Crippen molar-refractivity contribution in [3.8, 4) is 0 Å². The van der Waals surface area contributed by atoms with E-state index in [1.54, 1.807) is 0 Å². The molecule has 1 aromatic rings. The van der Waals surface area contributed by atoms with Gasteiger partial charge in [0.15, 0.2) is 0 Å². The Morgan fingerprint density at radius 2 is 2.00 bits per heavy atom. The molecule has 0 bridgehead atoms. The first-order valence-corrected chi connectivity index (χ1v) is 9.20. The molecule has 1 heterocycles. The van der Waals surface area contributed by atoms with E-state index < -0.39 is 0 Å². The maximum Gasteiger partial charge on any atom is 0.244 e. The van der Waals surface area contributed by atoms with Gasteiger partial charge in [0.2, 0.25) is 5.91 Å². The van der Waals surface area contributed by atoms with Crippen molar-refractivity contribution < 1.29 is 4.79 Å². The number of hydrogen-bond donors (Lipinski definition) is 1. The van der Waals surface area contributed by atoms with Crippen LogP contribution in [-0.4, -0.2) is 33.9 Å². The fourth-order valence-electron chi connectivity index (χ4n) is 3.88. The summed E-state index contributed by atoms with van der Waals surface area (Å²) in [6.07, 6.45) is 7.81. The van der Waals surface area contributed by atoms with Crippen LogP contribution in [0.4, 0.5) is 0 Å². The Morgan fingerprint density at radius 3 is 2.62 bits per heavy atom.